The maximum absolute atomic E-state index is 12.7. The fraction of sp³-hybridized carbons (Fsp3) is 0.333. The molecule has 0 saturated carbocycles. The van der Waals surface area contributed by atoms with Crippen molar-refractivity contribution < 1.29 is 18.8 Å². The molecule has 8 heteroatoms. The number of aromatic nitrogens is 1. The molecule has 1 aliphatic heterocycles. The predicted molar refractivity (Wildman–Crippen MR) is 110 cm³/mol. The largest absolute Gasteiger partial charge is 0.497 e. The van der Waals surface area contributed by atoms with Crippen LogP contribution in [0.15, 0.2) is 52.4 Å². The van der Waals surface area contributed by atoms with Gasteiger partial charge in [0.15, 0.2) is 11.5 Å². The maximum Gasteiger partial charge on any atom is 0.273 e. The second kappa shape index (κ2) is 9.21. The number of methoxy groups -OCH3 is 1. The topological polar surface area (TPSA) is 76.8 Å². The number of morpholine rings is 1. The van der Waals surface area contributed by atoms with Gasteiger partial charge in [0.05, 0.1) is 31.2 Å². The summed E-state index contributed by atoms with van der Waals surface area (Å²) in [5.41, 5.74) is 1.40. The van der Waals surface area contributed by atoms with Crippen LogP contribution in [-0.2, 0) is 4.74 Å². The van der Waals surface area contributed by atoms with Gasteiger partial charge in [-0.3, -0.25) is 9.69 Å². The summed E-state index contributed by atoms with van der Waals surface area (Å²) in [6, 6.07) is 13.5. The molecular weight excluding hydrogens is 390 g/mol. The second-order valence-corrected chi connectivity index (χ2v) is 7.65. The number of carbonyl (C=O) groups is 1. The van der Waals surface area contributed by atoms with Gasteiger partial charge in [-0.15, -0.1) is 11.3 Å². The molecule has 0 radical (unpaired) electrons. The van der Waals surface area contributed by atoms with E-state index in [0.717, 1.165) is 29.3 Å². The number of thiophene rings is 1. The minimum Gasteiger partial charge on any atom is -0.497 e. The van der Waals surface area contributed by atoms with Crippen LogP contribution in [0, 0.1) is 0 Å². The van der Waals surface area contributed by atoms with Crippen molar-refractivity contribution in [1.82, 2.24) is 15.4 Å². The van der Waals surface area contributed by atoms with Crippen LogP contribution in [0.5, 0.6) is 5.75 Å². The van der Waals surface area contributed by atoms with Crippen molar-refractivity contribution in [2.24, 2.45) is 0 Å². The zero-order valence-electron chi connectivity index (χ0n) is 16.2. The summed E-state index contributed by atoms with van der Waals surface area (Å²) < 4.78 is 16.1. The van der Waals surface area contributed by atoms with Crippen molar-refractivity contribution in [3.63, 3.8) is 0 Å². The molecule has 1 fully saturated rings. The molecule has 1 aliphatic rings. The fourth-order valence-corrected chi connectivity index (χ4v) is 4.04. The minimum atomic E-state index is -0.247. The third-order valence-corrected chi connectivity index (χ3v) is 5.83. The number of hydrogen-bond donors (Lipinski definition) is 1. The molecule has 1 amide bonds. The molecule has 7 nitrogen and oxygen atoms in total. The average molecular weight is 413 g/mol. The van der Waals surface area contributed by atoms with Crippen molar-refractivity contribution in [3.8, 4) is 16.4 Å². The summed E-state index contributed by atoms with van der Waals surface area (Å²) in [7, 11) is 1.65. The van der Waals surface area contributed by atoms with Crippen LogP contribution in [0.2, 0.25) is 0 Å². The van der Waals surface area contributed by atoms with Crippen molar-refractivity contribution in [2.75, 3.05) is 40.0 Å². The Morgan fingerprint density at radius 2 is 2.07 bits per heavy atom. The molecule has 0 spiro atoms. The van der Waals surface area contributed by atoms with E-state index in [0.29, 0.717) is 25.5 Å². The van der Waals surface area contributed by atoms with Gasteiger partial charge in [-0.2, -0.15) is 0 Å². The lowest BCUT2D eigenvalue weighted by atomic mass is 10.0. The molecule has 1 atom stereocenters. The first kappa shape index (κ1) is 19.6. The van der Waals surface area contributed by atoms with Gasteiger partial charge in [0, 0.05) is 25.7 Å². The number of benzene rings is 1. The molecule has 2 aromatic heterocycles. The highest BCUT2D eigenvalue weighted by Gasteiger charge is 2.24. The maximum atomic E-state index is 12.7. The number of amides is 1. The molecule has 1 N–H and O–H groups in total. The number of nitrogens with one attached hydrogen (secondary N) is 1. The first-order valence-electron chi connectivity index (χ1n) is 9.49. The van der Waals surface area contributed by atoms with Crippen LogP contribution >= 0.6 is 11.3 Å². The summed E-state index contributed by atoms with van der Waals surface area (Å²) in [5, 5.41) is 8.90. The van der Waals surface area contributed by atoms with Gasteiger partial charge in [-0.05, 0) is 29.1 Å². The van der Waals surface area contributed by atoms with Crippen molar-refractivity contribution in [1.29, 1.82) is 0 Å². The molecule has 3 aromatic rings. The second-order valence-electron chi connectivity index (χ2n) is 6.70. The molecule has 29 heavy (non-hydrogen) atoms. The van der Waals surface area contributed by atoms with E-state index in [9.17, 15) is 4.79 Å². The predicted octanol–water partition coefficient (Wildman–Crippen LogP) is 3.22. The number of rotatable bonds is 7. The third kappa shape index (κ3) is 4.67. The van der Waals surface area contributed by atoms with Crippen LogP contribution in [0.1, 0.15) is 22.1 Å². The standard InChI is InChI=1S/C21H23N3O4S/c1-26-16-6-4-15(5-7-16)18(24-8-10-27-11-9-24)14-22-21(25)17-13-19(28-23-17)20-3-2-12-29-20/h2-7,12-13,18H,8-11,14H2,1H3,(H,22,25)/t18-/m1/s1. The Morgan fingerprint density at radius 3 is 2.76 bits per heavy atom. The zero-order valence-corrected chi connectivity index (χ0v) is 17.0. The Balaban J connectivity index is 1.46. The first-order chi connectivity index (χ1) is 14.2. The van der Waals surface area contributed by atoms with E-state index in [1.807, 2.05) is 41.8 Å². The monoisotopic (exact) mass is 413 g/mol. The molecule has 4 rings (SSSR count). The normalized spacial score (nSPS) is 15.8. The van der Waals surface area contributed by atoms with Gasteiger partial charge in [0.2, 0.25) is 0 Å². The van der Waals surface area contributed by atoms with Crippen LogP contribution in [0.3, 0.4) is 0 Å². The summed E-state index contributed by atoms with van der Waals surface area (Å²) in [6.07, 6.45) is 0. The van der Waals surface area contributed by atoms with Gasteiger partial charge in [-0.1, -0.05) is 23.4 Å². The SMILES string of the molecule is COc1ccc([C@@H](CNC(=O)c2cc(-c3cccs3)on2)N2CCOCC2)cc1. The Kier molecular flexibility index (Phi) is 6.24. The smallest absolute Gasteiger partial charge is 0.273 e. The van der Waals surface area contributed by atoms with Crippen molar-refractivity contribution in [3.05, 3.63) is 59.1 Å². The third-order valence-electron chi connectivity index (χ3n) is 4.95. The highest BCUT2D eigenvalue weighted by Crippen LogP contribution is 2.26. The van der Waals surface area contributed by atoms with Crippen LogP contribution in [0.4, 0.5) is 0 Å². The van der Waals surface area contributed by atoms with Crippen LogP contribution < -0.4 is 10.1 Å². The van der Waals surface area contributed by atoms with Gasteiger partial charge in [0.1, 0.15) is 5.75 Å². The van der Waals surface area contributed by atoms with Gasteiger partial charge in [-0.25, -0.2) is 0 Å². The van der Waals surface area contributed by atoms with Gasteiger partial charge >= 0.3 is 0 Å². The van der Waals surface area contributed by atoms with Crippen molar-refractivity contribution in [2.45, 2.75) is 6.04 Å². The van der Waals surface area contributed by atoms with Crippen LogP contribution in [-0.4, -0.2) is 55.9 Å². The van der Waals surface area contributed by atoms with E-state index in [1.54, 1.807) is 24.5 Å². The van der Waals surface area contributed by atoms with E-state index >= 15 is 0 Å². The van der Waals surface area contributed by atoms with E-state index in [1.165, 1.54) is 0 Å². The van der Waals surface area contributed by atoms with Crippen LogP contribution in [0.25, 0.3) is 10.6 Å². The quantitative estimate of drug-likeness (QED) is 0.641. The Morgan fingerprint density at radius 1 is 1.28 bits per heavy atom. The average Bonchev–Trinajstić information content (AvgIpc) is 3.47. The Bertz CT molecular complexity index is 918. The highest BCUT2D eigenvalue weighted by molar-refractivity contribution is 7.13. The Labute approximate surface area is 173 Å². The number of nitrogens with zero attached hydrogens (tertiary/aromatic N) is 2. The molecular formula is C21H23N3O4S. The Hall–Kier alpha value is -2.68. The number of carbonyl (C=O) groups excluding carboxylic acids is 1. The van der Waals surface area contributed by atoms with E-state index < -0.39 is 0 Å². The minimum absolute atomic E-state index is 0.0393. The van der Waals surface area contributed by atoms with E-state index in [-0.39, 0.29) is 17.6 Å². The van der Waals surface area contributed by atoms with Gasteiger partial charge < -0.3 is 19.3 Å². The summed E-state index contributed by atoms with van der Waals surface area (Å²) in [5.74, 6) is 1.16. The number of hydrogen-bond acceptors (Lipinski definition) is 7. The number of ether oxygens (including phenoxy) is 2. The molecule has 0 unspecified atom stereocenters. The fourth-order valence-electron chi connectivity index (χ4n) is 3.37. The summed E-state index contributed by atoms with van der Waals surface area (Å²) in [4.78, 5) is 15.9. The zero-order chi connectivity index (χ0) is 20.1. The van der Waals surface area contributed by atoms with E-state index in [4.69, 9.17) is 14.0 Å². The van der Waals surface area contributed by atoms with Crippen molar-refractivity contribution >= 4 is 17.2 Å². The molecule has 3 heterocycles. The van der Waals surface area contributed by atoms with Gasteiger partial charge in [0.25, 0.3) is 5.91 Å². The lowest BCUT2D eigenvalue weighted by Crippen LogP contribution is -2.43. The highest BCUT2D eigenvalue weighted by atomic mass is 32.1. The lowest BCUT2D eigenvalue weighted by molar-refractivity contribution is 0.0162. The molecule has 1 aromatic carbocycles. The summed E-state index contributed by atoms with van der Waals surface area (Å²) in [6.45, 7) is 3.48. The summed E-state index contributed by atoms with van der Waals surface area (Å²) >= 11 is 1.54. The molecule has 1 saturated heterocycles. The molecule has 0 bridgehead atoms. The first-order valence-corrected chi connectivity index (χ1v) is 10.4. The molecule has 152 valence electrons. The lowest BCUT2D eigenvalue weighted by Gasteiger charge is -2.34. The van der Waals surface area contributed by atoms with E-state index in [2.05, 4.69) is 15.4 Å². The molecule has 0 aliphatic carbocycles.